The van der Waals surface area contributed by atoms with Crippen molar-refractivity contribution in [3.05, 3.63) is 30.1 Å². The predicted octanol–water partition coefficient (Wildman–Crippen LogP) is 0.524. The molecule has 3 fully saturated rings. The molecule has 4 N–H and O–H groups in total. The highest BCUT2D eigenvalue weighted by molar-refractivity contribution is 5.83. The fourth-order valence-corrected chi connectivity index (χ4v) is 4.89. The lowest BCUT2D eigenvalue weighted by atomic mass is 9.87. The molecule has 3 aliphatic rings. The summed E-state index contributed by atoms with van der Waals surface area (Å²) in [6.45, 7) is 6.07. The van der Waals surface area contributed by atoms with Crippen LogP contribution in [0.3, 0.4) is 0 Å². The normalized spacial score (nSPS) is 37.4. The number of rotatable bonds is 4. The van der Waals surface area contributed by atoms with Crippen molar-refractivity contribution in [3.8, 4) is 0 Å². The van der Waals surface area contributed by atoms with E-state index in [-0.39, 0.29) is 24.0 Å². The fourth-order valence-electron chi connectivity index (χ4n) is 4.89. The second-order valence-electron chi connectivity index (χ2n) is 7.82. The molecule has 0 aromatic carbocycles. The van der Waals surface area contributed by atoms with Crippen molar-refractivity contribution in [2.45, 2.75) is 63.2 Å². The smallest absolute Gasteiger partial charge is 0.241 e. The number of likely N-dealkylation sites (tertiary alicyclic amines) is 1. The summed E-state index contributed by atoms with van der Waals surface area (Å²) in [6.07, 6.45) is 6.85. The Bertz CT molecular complexity index is 626. The second kappa shape index (κ2) is 7.60. The molecular weight excluding hydrogens is 328 g/mol. The monoisotopic (exact) mass is 358 g/mol. The van der Waals surface area contributed by atoms with Crippen LogP contribution in [0.2, 0.25) is 0 Å². The number of hydrogen-bond donors (Lipinski definition) is 4. The first-order valence-corrected chi connectivity index (χ1v) is 9.90. The molecule has 1 aromatic heterocycles. The van der Waals surface area contributed by atoms with E-state index in [1.807, 2.05) is 12.4 Å². The van der Waals surface area contributed by atoms with E-state index >= 15 is 0 Å². The number of nitrogens with zero attached hydrogens (tertiary/aromatic N) is 2. The molecule has 0 bridgehead atoms. The van der Waals surface area contributed by atoms with Gasteiger partial charge in [-0.25, -0.2) is 5.43 Å². The summed E-state index contributed by atoms with van der Waals surface area (Å²) in [5.41, 5.74) is 14.6. The van der Waals surface area contributed by atoms with Crippen molar-refractivity contribution >= 4 is 5.91 Å². The van der Waals surface area contributed by atoms with E-state index in [0.29, 0.717) is 17.9 Å². The van der Waals surface area contributed by atoms with Crippen molar-refractivity contribution in [2.24, 2.45) is 5.92 Å². The van der Waals surface area contributed by atoms with Crippen molar-refractivity contribution in [1.82, 2.24) is 31.6 Å². The summed E-state index contributed by atoms with van der Waals surface area (Å²) in [4.78, 5) is 19.6. The molecule has 3 aliphatic heterocycles. The minimum Gasteiger partial charge on any atom is -0.337 e. The average Bonchev–Trinajstić information content (AvgIpc) is 3.40. The Hall–Kier alpha value is -1.54. The summed E-state index contributed by atoms with van der Waals surface area (Å²) in [7, 11) is 0. The lowest BCUT2D eigenvalue weighted by molar-refractivity contribution is -0.135. The van der Waals surface area contributed by atoms with Gasteiger partial charge in [-0.2, -0.15) is 0 Å². The van der Waals surface area contributed by atoms with E-state index in [9.17, 15) is 4.79 Å². The van der Waals surface area contributed by atoms with Crippen molar-refractivity contribution < 1.29 is 4.79 Å². The zero-order valence-electron chi connectivity index (χ0n) is 15.6. The zero-order chi connectivity index (χ0) is 18.1. The van der Waals surface area contributed by atoms with Crippen molar-refractivity contribution in [3.63, 3.8) is 0 Å². The van der Waals surface area contributed by atoms with E-state index in [4.69, 9.17) is 0 Å². The highest BCUT2D eigenvalue weighted by atomic mass is 16.2. The van der Waals surface area contributed by atoms with Crippen LogP contribution in [0.4, 0.5) is 0 Å². The van der Waals surface area contributed by atoms with Crippen LogP contribution in [0.25, 0.3) is 0 Å². The zero-order valence-corrected chi connectivity index (χ0v) is 15.6. The van der Waals surface area contributed by atoms with Gasteiger partial charge in [0.2, 0.25) is 5.91 Å². The van der Waals surface area contributed by atoms with E-state index in [0.717, 1.165) is 32.4 Å². The van der Waals surface area contributed by atoms with Crippen LogP contribution >= 0.6 is 0 Å². The number of pyridine rings is 1. The highest BCUT2D eigenvalue weighted by Crippen LogP contribution is 2.32. The van der Waals surface area contributed by atoms with Gasteiger partial charge in [0.25, 0.3) is 0 Å². The van der Waals surface area contributed by atoms with Crippen LogP contribution in [0, 0.1) is 5.92 Å². The van der Waals surface area contributed by atoms with Gasteiger partial charge >= 0.3 is 0 Å². The molecule has 6 unspecified atom stereocenters. The maximum Gasteiger partial charge on any atom is 0.241 e. The number of aromatic nitrogens is 1. The quantitative estimate of drug-likeness (QED) is 0.629. The molecule has 7 heteroatoms. The number of amides is 1. The molecule has 3 saturated heterocycles. The van der Waals surface area contributed by atoms with Gasteiger partial charge in [0.15, 0.2) is 0 Å². The molecule has 26 heavy (non-hydrogen) atoms. The predicted molar refractivity (Wildman–Crippen MR) is 99.9 cm³/mol. The number of carbonyl (C=O) groups is 1. The topological polar surface area (TPSA) is 81.3 Å². The molecule has 0 radical (unpaired) electrons. The number of hydrazine groups is 2. The van der Waals surface area contributed by atoms with Gasteiger partial charge in [0.1, 0.15) is 6.04 Å². The summed E-state index contributed by atoms with van der Waals surface area (Å²) in [6, 6.07) is 4.86. The first kappa shape index (κ1) is 17.9. The van der Waals surface area contributed by atoms with Gasteiger partial charge in [-0.05, 0) is 42.9 Å². The van der Waals surface area contributed by atoms with Gasteiger partial charge in [-0.15, -0.1) is 0 Å². The molecule has 142 valence electrons. The Labute approximate surface area is 155 Å². The largest absolute Gasteiger partial charge is 0.337 e. The van der Waals surface area contributed by atoms with E-state index < -0.39 is 0 Å². The van der Waals surface area contributed by atoms with Gasteiger partial charge in [-0.3, -0.25) is 26.1 Å². The Morgan fingerprint density at radius 2 is 2.08 bits per heavy atom. The van der Waals surface area contributed by atoms with E-state index in [1.165, 1.54) is 5.56 Å². The molecular formula is C19H30N6O. The van der Waals surface area contributed by atoms with Gasteiger partial charge < -0.3 is 4.90 Å². The summed E-state index contributed by atoms with van der Waals surface area (Å²) in [5, 5.41) is 0. The summed E-state index contributed by atoms with van der Waals surface area (Å²) in [5.74, 6) is 0.900. The molecule has 4 rings (SSSR count). The van der Waals surface area contributed by atoms with Crippen LogP contribution in [0.1, 0.15) is 44.6 Å². The van der Waals surface area contributed by atoms with Crippen LogP contribution < -0.4 is 21.7 Å². The molecule has 7 nitrogen and oxygen atoms in total. The molecule has 0 aliphatic carbocycles. The van der Waals surface area contributed by atoms with Crippen LogP contribution in [0.15, 0.2) is 24.5 Å². The van der Waals surface area contributed by atoms with Crippen LogP contribution in [0.5, 0.6) is 0 Å². The number of nitrogens with one attached hydrogen (secondary N) is 4. The van der Waals surface area contributed by atoms with Gasteiger partial charge in [0, 0.05) is 49.5 Å². The Kier molecular flexibility index (Phi) is 5.22. The standard InChI is InChI=1S/C19H30N6O/c1-3-15-12(2)17(24-22-15)19(26)25-10-4-5-16(25)18-14(11-21-23-18)13-6-8-20-9-7-13/h6-9,12,14-18,21-24H,3-5,10-11H2,1-2H3. The van der Waals surface area contributed by atoms with Crippen molar-refractivity contribution in [1.29, 1.82) is 0 Å². The SMILES string of the molecule is CCC1NNC(C(=O)N2CCCC2C2NNCC2c2ccncc2)C1C. The minimum atomic E-state index is -0.130. The third-order valence-electron chi connectivity index (χ3n) is 6.45. The van der Waals surface area contributed by atoms with E-state index in [2.05, 4.69) is 57.6 Å². The van der Waals surface area contributed by atoms with Gasteiger partial charge in [-0.1, -0.05) is 13.8 Å². The van der Waals surface area contributed by atoms with Crippen molar-refractivity contribution in [2.75, 3.05) is 13.1 Å². The average molecular weight is 358 g/mol. The number of carbonyl (C=O) groups excluding carboxylic acids is 1. The van der Waals surface area contributed by atoms with E-state index in [1.54, 1.807) is 0 Å². The van der Waals surface area contributed by atoms with Gasteiger partial charge in [0.05, 0.1) is 0 Å². The number of hydrogen-bond acceptors (Lipinski definition) is 6. The maximum atomic E-state index is 13.3. The highest BCUT2D eigenvalue weighted by Gasteiger charge is 2.45. The third kappa shape index (κ3) is 3.13. The Morgan fingerprint density at radius 3 is 2.81 bits per heavy atom. The minimum absolute atomic E-state index is 0.130. The molecule has 1 amide bonds. The molecule has 6 atom stereocenters. The van der Waals surface area contributed by atoms with Crippen LogP contribution in [-0.4, -0.2) is 53.0 Å². The molecule has 0 saturated carbocycles. The summed E-state index contributed by atoms with van der Waals surface area (Å²) < 4.78 is 0. The molecule has 0 spiro atoms. The first-order chi connectivity index (χ1) is 12.7. The molecule has 4 heterocycles. The Morgan fingerprint density at radius 1 is 1.27 bits per heavy atom. The Balaban J connectivity index is 1.50. The fraction of sp³-hybridized carbons (Fsp3) is 0.684. The first-order valence-electron chi connectivity index (χ1n) is 9.90. The third-order valence-corrected chi connectivity index (χ3v) is 6.45. The lowest BCUT2D eigenvalue weighted by Crippen LogP contribution is -2.55. The maximum absolute atomic E-state index is 13.3. The molecule has 1 aromatic rings. The second-order valence-corrected chi connectivity index (χ2v) is 7.82. The van der Waals surface area contributed by atoms with Crippen LogP contribution in [-0.2, 0) is 4.79 Å². The summed E-state index contributed by atoms with van der Waals surface area (Å²) >= 11 is 0. The lowest BCUT2D eigenvalue weighted by Gasteiger charge is -2.34.